The Morgan fingerprint density at radius 3 is 2.71 bits per heavy atom. The molecule has 3 heterocycles. The van der Waals surface area contributed by atoms with Crippen molar-refractivity contribution >= 4 is 23.2 Å². The quantitative estimate of drug-likeness (QED) is 0.816. The van der Waals surface area contributed by atoms with Gasteiger partial charge in [0.25, 0.3) is 5.91 Å². The summed E-state index contributed by atoms with van der Waals surface area (Å²) in [7, 11) is 0. The topological polar surface area (TPSA) is 44.4 Å². The summed E-state index contributed by atoms with van der Waals surface area (Å²) in [4.78, 5) is 14.6. The summed E-state index contributed by atoms with van der Waals surface area (Å²) in [6.45, 7) is 5.40. The van der Waals surface area contributed by atoms with Gasteiger partial charge in [0.15, 0.2) is 5.11 Å². The molecule has 1 amide bonds. The van der Waals surface area contributed by atoms with Crippen molar-refractivity contribution in [2.45, 2.75) is 25.8 Å². The zero-order valence-corrected chi connectivity index (χ0v) is 13.1. The van der Waals surface area contributed by atoms with Gasteiger partial charge in [-0.3, -0.25) is 10.1 Å². The van der Waals surface area contributed by atoms with Crippen molar-refractivity contribution < 1.29 is 4.79 Å². The standard InChI is InChI=1S/C16H21N3OS/c1-11-3-2-4-13(9-11)15(20)18-16(21)17-14-10-19-7-5-12(14)6-8-19/h2-4,9,12,14H,5-8,10H2,1H3,(H2,17,18,20,21). The van der Waals surface area contributed by atoms with Crippen LogP contribution in [0, 0.1) is 12.8 Å². The summed E-state index contributed by atoms with van der Waals surface area (Å²) in [5.41, 5.74) is 1.71. The molecule has 1 atom stereocenters. The van der Waals surface area contributed by atoms with Crippen molar-refractivity contribution in [3.63, 3.8) is 0 Å². The zero-order valence-electron chi connectivity index (χ0n) is 12.3. The third kappa shape index (κ3) is 3.41. The first-order valence-electron chi connectivity index (χ1n) is 7.53. The third-order valence-electron chi connectivity index (χ3n) is 4.48. The van der Waals surface area contributed by atoms with Crippen LogP contribution < -0.4 is 10.6 Å². The Balaban J connectivity index is 1.55. The monoisotopic (exact) mass is 303 g/mol. The molecule has 0 spiro atoms. The molecule has 3 aliphatic heterocycles. The molecule has 1 aromatic rings. The molecule has 0 radical (unpaired) electrons. The van der Waals surface area contributed by atoms with Crippen LogP contribution >= 0.6 is 12.2 Å². The van der Waals surface area contributed by atoms with Crippen molar-refractivity contribution in [3.05, 3.63) is 35.4 Å². The summed E-state index contributed by atoms with van der Waals surface area (Å²) in [5.74, 6) is 0.543. The molecule has 112 valence electrons. The number of thiocarbonyl (C=S) groups is 1. The van der Waals surface area contributed by atoms with E-state index < -0.39 is 0 Å². The average Bonchev–Trinajstić information content (AvgIpc) is 2.48. The summed E-state index contributed by atoms with van der Waals surface area (Å²) in [5, 5.41) is 6.56. The number of fused-ring (bicyclic) bond motifs is 3. The Kier molecular flexibility index (Phi) is 4.22. The summed E-state index contributed by atoms with van der Waals surface area (Å²) in [6.07, 6.45) is 2.46. The largest absolute Gasteiger partial charge is 0.358 e. The Labute approximate surface area is 130 Å². The van der Waals surface area contributed by atoms with Crippen LogP contribution in [0.5, 0.6) is 0 Å². The van der Waals surface area contributed by atoms with Gasteiger partial charge in [-0.25, -0.2) is 0 Å². The molecule has 3 aliphatic rings. The van der Waals surface area contributed by atoms with Gasteiger partial charge < -0.3 is 10.2 Å². The van der Waals surface area contributed by atoms with Crippen molar-refractivity contribution in [2.24, 2.45) is 5.92 Å². The predicted molar refractivity (Wildman–Crippen MR) is 87.3 cm³/mol. The van der Waals surface area contributed by atoms with Gasteiger partial charge in [0.1, 0.15) is 0 Å². The van der Waals surface area contributed by atoms with Crippen LogP contribution in [0.2, 0.25) is 0 Å². The third-order valence-corrected chi connectivity index (χ3v) is 4.70. The SMILES string of the molecule is Cc1cccc(C(=O)NC(=S)NC2CN3CCC2CC3)c1. The average molecular weight is 303 g/mol. The van der Waals surface area contributed by atoms with Gasteiger partial charge in [-0.2, -0.15) is 0 Å². The van der Waals surface area contributed by atoms with Crippen LogP contribution in [-0.2, 0) is 0 Å². The van der Waals surface area contributed by atoms with E-state index in [1.807, 2.05) is 25.1 Å². The van der Waals surface area contributed by atoms with E-state index in [-0.39, 0.29) is 5.91 Å². The van der Waals surface area contributed by atoms with E-state index in [1.165, 1.54) is 25.9 Å². The number of nitrogens with zero attached hydrogens (tertiary/aromatic N) is 1. The lowest BCUT2D eigenvalue weighted by Gasteiger charge is -2.45. The van der Waals surface area contributed by atoms with Crippen molar-refractivity contribution in [2.75, 3.05) is 19.6 Å². The summed E-state index contributed by atoms with van der Waals surface area (Å²) < 4.78 is 0. The number of carbonyl (C=O) groups is 1. The molecule has 2 N–H and O–H groups in total. The van der Waals surface area contributed by atoms with Crippen LogP contribution in [0.4, 0.5) is 0 Å². The lowest BCUT2D eigenvalue weighted by Crippen LogP contribution is -2.59. The lowest BCUT2D eigenvalue weighted by atomic mass is 9.84. The fourth-order valence-electron chi connectivity index (χ4n) is 3.29. The first-order valence-corrected chi connectivity index (χ1v) is 7.93. The van der Waals surface area contributed by atoms with Crippen molar-refractivity contribution in [1.29, 1.82) is 0 Å². The molecular formula is C16H21N3OS. The number of piperidine rings is 3. The highest BCUT2D eigenvalue weighted by atomic mass is 32.1. The van der Waals surface area contributed by atoms with Crippen LogP contribution in [0.15, 0.2) is 24.3 Å². The number of carbonyl (C=O) groups excluding carboxylic acids is 1. The number of nitrogens with one attached hydrogen (secondary N) is 2. The first-order chi connectivity index (χ1) is 10.1. The van der Waals surface area contributed by atoms with Gasteiger partial charge in [0.2, 0.25) is 0 Å². The molecule has 1 unspecified atom stereocenters. The number of hydrogen-bond acceptors (Lipinski definition) is 3. The Hall–Kier alpha value is -1.46. The molecule has 3 saturated heterocycles. The fourth-order valence-corrected chi connectivity index (χ4v) is 3.54. The second kappa shape index (κ2) is 6.12. The predicted octanol–water partition coefficient (Wildman–Crippen LogP) is 1.69. The summed E-state index contributed by atoms with van der Waals surface area (Å²) in [6, 6.07) is 7.90. The van der Waals surface area contributed by atoms with Crippen molar-refractivity contribution in [3.8, 4) is 0 Å². The van der Waals surface area contributed by atoms with Gasteiger partial charge in [-0.15, -0.1) is 0 Å². The fraction of sp³-hybridized carbons (Fsp3) is 0.500. The van der Waals surface area contributed by atoms with Crippen LogP contribution in [0.1, 0.15) is 28.8 Å². The van der Waals surface area contributed by atoms with Crippen LogP contribution in [0.25, 0.3) is 0 Å². The van der Waals surface area contributed by atoms with E-state index >= 15 is 0 Å². The second-order valence-corrected chi connectivity index (χ2v) is 6.45. The molecule has 21 heavy (non-hydrogen) atoms. The van der Waals surface area contributed by atoms with Gasteiger partial charge in [0, 0.05) is 18.2 Å². The Bertz CT molecular complexity index is 552. The number of rotatable bonds is 2. The maximum Gasteiger partial charge on any atom is 0.257 e. The second-order valence-electron chi connectivity index (χ2n) is 6.04. The molecule has 0 aromatic heterocycles. The minimum Gasteiger partial charge on any atom is -0.358 e. The highest BCUT2D eigenvalue weighted by molar-refractivity contribution is 7.80. The molecule has 4 nitrogen and oxygen atoms in total. The molecule has 0 aliphatic carbocycles. The van der Waals surface area contributed by atoms with E-state index in [0.717, 1.165) is 12.1 Å². The van der Waals surface area contributed by atoms with E-state index in [0.29, 0.717) is 22.6 Å². The minimum absolute atomic E-state index is 0.141. The maximum atomic E-state index is 12.2. The maximum absolute atomic E-state index is 12.2. The number of hydrogen-bond donors (Lipinski definition) is 2. The molecule has 2 bridgehead atoms. The van der Waals surface area contributed by atoms with Gasteiger partial charge in [-0.1, -0.05) is 17.7 Å². The van der Waals surface area contributed by atoms with Crippen LogP contribution in [0.3, 0.4) is 0 Å². The highest BCUT2D eigenvalue weighted by Crippen LogP contribution is 2.27. The molecule has 4 rings (SSSR count). The van der Waals surface area contributed by atoms with E-state index in [2.05, 4.69) is 15.5 Å². The smallest absolute Gasteiger partial charge is 0.257 e. The molecule has 0 saturated carbocycles. The van der Waals surface area contributed by atoms with Crippen molar-refractivity contribution in [1.82, 2.24) is 15.5 Å². The van der Waals surface area contributed by atoms with Crippen LogP contribution in [-0.4, -0.2) is 41.6 Å². The highest BCUT2D eigenvalue weighted by Gasteiger charge is 2.34. The molecule has 3 fully saturated rings. The molecular weight excluding hydrogens is 282 g/mol. The minimum atomic E-state index is -0.141. The van der Waals surface area contributed by atoms with E-state index in [1.54, 1.807) is 6.07 Å². The Morgan fingerprint density at radius 1 is 1.33 bits per heavy atom. The normalized spacial score (nSPS) is 27.2. The number of amides is 1. The summed E-state index contributed by atoms with van der Waals surface area (Å²) >= 11 is 5.30. The Morgan fingerprint density at radius 2 is 2.10 bits per heavy atom. The molecule has 5 heteroatoms. The molecule has 1 aromatic carbocycles. The van der Waals surface area contributed by atoms with E-state index in [4.69, 9.17) is 12.2 Å². The number of benzene rings is 1. The lowest BCUT2D eigenvalue weighted by molar-refractivity contribution is 0.0807. The zero-order chi connectivity index (χ0) is 14.8. The first kappa shape index (κ1) is 14.5. The van der Waals surface area contributed by atoms with Gasteiger partial charge in [0.05, 0.1) is 0 Å². The van der Waals surface area contributed by atoms with Gasteiger partial charge >= 0.3 is 0 Å². The van der Waals surface area contributed by atoms with E-state index in [9.17, 15) is 4.79 Å². The van der Waals surface area contributed by atoms with Gasteiger partial charge in [-0.05, 0) is 63.1 Å². The number of aryl methyl sites for hydroxylation is 1.